The van der Waals surface area contributed by atoms with Crippen molar-refractivity contribution in [1.29, 1.82) is 0 Å². The number of carbonyl (C=O) groups is 1. The number of methoxy groups -OCH3 is 1. The van der Waals surface area contributed by atoms with Gasteiger partial charge >= 0.3 is 0 Å². The molecule has 8 nitrogen and oxygen atoms in total. The van der Waals surface area contributed by atoms with E-state index < -0.39 is 16.1 Å². The average molecular weight is 350 g/mol. The van der Waals surface area contributed by atoms with Crippen LogP contribution in [0, 0.1) is 0 Å². The van der Waals surface area contributed by atoms with Crippen LogP contribution in [-0.4, -0.2) is 37.7 Å². The molecule has 3 N–H and O–H groups in total. The van der Waals surface area contributed by atoms with Gasteiger partial charge in [-0.05, 0) is 24.1 Å². The van der Waals surface area contributed by atoms with Gasteiger partial charge in [-0.15, -0.1) is 0 Å². The second-order valence-corrected chi connectivity index (χ2v) is 7.20. The number of aromatic nitrogens is 2. The lowest BCUT2D eigenvalue weighted by Crippen LogP contribution is -2.50. The molecule has 1 amide bonds. The Labute approximate surface area is 139 Å². The van der Waals surface area contributed by atoms with Gasteiger partial charge in [0.15, 0.2) is 0 Å². The normalized spacial score (nSPS) is 18.8. The Balaban J connectivity index is 1.65. The van der Waals surface area contributed by atoms with Gasteiger partial charge in [-0.2, -0.15) is 9.82 Å². The van der Waals surface area contributed by atoms with Gasteiger partial charge in [0, 0.05) is 7.11 Å². The lowest BCUT2D eigenvalue weighted by molar-refractivity contribution is -0.122. The van der Waals surface area contributed by atoms with Crippen LogP contribution in [0.3, 0.4) is 0 Å². The Bertz CT molecular complexity index is 847. The van der Waals surface area contributed by atoms with E-state index in [9.17, 15) is 13.2 Å². The summed E-state index contributed by atoms with van der Waals surface area (Å²) in [5.41, 5.74) is 2.09. The van der Waals surface area contributed by atoms with E-state index >= 15 is 0 Å². The van der Waals surface area contributed by atoms with Crippen molar-refractivity contribution in [3.05, 3.63) is 47.3 Å². The maximum atomic E-state index is 12.3. The van der Waals surface area contributed by atoms with Gasteiger partial charge in [-0.25, -0.2) is 8.42 Å². The summed E-state index contributed by atoms with van der Waals surface area (Å²) in [4.78, 5) is 12.5. The van der Waals surface area contributed by atoms with Crippen molar-refractivity contribution in [2.24, 2.45) is 0 Å². The number of fused-ring (bicyclic) bond motifs is 1. The summed E-state index contributed by atoms with van der Waals surface area (Å²) in [6.45, 7) is 0.610. The summed E-state index contributed by atoms with van der Waals surface area (Å²) in [5, 5.41) is 9.55. The zero-order chi connectivity index (χ0) is 17.2. The van der Waals surface area contributed by atoms with Gasteiger partial charge in [-0.1, -0.05) is 18.2 Å². The van der Waals surface area contributed by atoms with Crippen LogP contribution >= 0.6 is 0 Å². The monoisotopic (exact) mass is 350 g/mol. The Kier molecular flexibility index (Phi) is 4.65. The van der Waals surface area contributed by atoms with Crippen LogP contribution in [0.5, 0.6) is 0 Å². The van der Waals surface area contributed by atoms with E-state index in [0.717, 1.165) is 11.4 Å². The SMILES string of the molecule is COCc1cc(CNC(=O)[C@@H]2Cc3ccccc3S(=O)(=O)N2)[nH]n1. The fourth-order valence-corrected chi connectivity index (χ4v) is 4.07. The molecule has 0 saturated carbocycles. The Morgan fingerprint density at radius 3 is 3.00 bits per heavy atom. The molecule has 128 valence electrons. The third-order valence-corrected chi connectivity index (χ3v) is 5.30. The van der Waals surface area contributed by atoms with Crippen LogP contribution in [0.2, 0.25) is 0 Å². The van der Waals surface area contributed by atoms with E-state index in [2.05, 4.69) is 20.2 Å². The first-order valence-corrected chi connectivity index (χ1v) is 8.88. The topological polar surface area (TPSA) is 113 Å². The van der Waals surface area contributed by atoms with Gasteiger partial charge in [0.25, 0.3) is 0 Å². The second-order valence-electron chi connectivity index (χ2n) is 5.52. The van der Waals surface area contributed by atoms with Gasteiger partial charge in [0.1, 0.15) is 6.04 Å². The number of benzene rings is 1. The van der Waals surface area contributed by atoms with Crippen LogP contribution in [-0.2, 0) is 39.1 Å². The molecular weight excluding hydrogens is 332 g/mol. The first-order chi connectivity index (χ1) is 11.5. The lowest BCUT2D eigenvalue weighted by Gasteiger charge is -2.24. The number of aromatic amines is 1. The molecule has 0 bridgehead atoms. The molecule has 1 aliphatic heterocycles. The number of hydrogen-bond donors (Lipinski definition) is 3. The minimum Gasteiger partial charge on any atom is -0.378 e. The van der Waals surface area contributed by atoms with Gasteiger partial charge in [0.05, 0.1) is 29.4 Å². The summed E-state index contributed by atoms with van der Waals surface area (Å²) in [6.07, 6.45) is 0.319. The smallest absolute Gasteiger partial charge is 0.241 e. The number of nitrogens with zero attached hydrogens (tertiary/aromatic N) is 1. The van der Waals surface area contributed by atoms with E-state index in [1.807, 2.05) is 0 Å². The molecule has 0 fully saturated rings. The predicted molar refractivity (Wildman–Crippen MR) is 85.4 cm³/mol. The Morgan fingerprint density at radius 2 is 2.21 bits per heavy atom. The molecule has 0 radical (unpaired) electrons. The van der Waals surface area contributed by atoms with Gasteiger partial charge in [0.2, 0.25) is 15.9 Å². The van der Waals surface area contributed by atoms with E-state index in [-0.39, 0.29) is 17.3 Å². The van der Waals surface area contributed by atoms with E-state index in [1.54, 1.807) is 31.4 Å². The van der Waals surface area contributed by atoms with Crippen LogP contribution in [0.25, 0.3) is 0 Å². The molecule has 1 aromatic carbocycles. The zero-order valence-corrected chi connectivity index (χ0v) is 13.9. The maximum absolute atomic E-state index is 12.3. The number of hydrogen-bond acceptors (Lipinski definition) is 5. The summed E-state index contributed by atoms with van der Waals surface area (Å²) in [7, 11) is -2.10. The van der Waals surface area contributed by atoms with Crippen LogP contribution in [0.15, 0.2) is 35.2 Å². The predicted octanol–water partition coefficient (Wildman–Crippen LogP) is 0.0755. The number of rotatable bonds is 5. The summed E-state index contributed by atoms with van der Waals surface area (Å²) in [5.74, 6) is -0.379. The number of ether oxygens (including phenoxy) is 1. The molecule has 9 heteroatoms. The number of carbonyl (C=O) groups excluding carboxylic acids is 1. The molecule has 0 unspecified atom stereocenters. The zero-order valence-electron chi connectivity index (χ0n) is 13.1. The van der Waals surface area contributed by atoms with E-state index in [4.69, 9.17) is 4.74 Å². The van der Waals surface area contributed by atoms with Crippen molar-refractivity contribution < 1.29 is 17.9 Å². The van der Waals surface area contributed by atoms with Gasteiger partial charge < -0.3 is 10.1 Å². The standard InChI is InChI=1S/C15H18N4O4S/c1-23-9-12-7-11(17-18-12)8-16-15(20)13-6-10-4-2-3-5-14(10)24(21,22)19-13/h2-5,7,13,19H,6,8-9H2,1H3,(H,16,20)(H,17,18)/t13-/m0/s1. The molecular formula is C15H18N4O4S. The molecule has 0 spiro atoms. The summed E-state index contributed by atoms with van der Waals surface area (Å²) < 4.78 is 31.8. The maximum Gasteiger partial charge on any atom is 0.241 e. The first-order valence-electron chi connectivity index (χ1n) is 7.39. The fourth-order valence-electron chi connectivity index (χ4n) is 2.62. The highest BCUT2D eigenvalue weighted by molar-refractivity contribution is 7.89. The molecule has 1 atom stereocenters. The third-order valence-electron chi connectivity index (χ3n) is 3.73. The Hall–Kier alpha value is -2.23. The van der Waals surface area contributed by atoms with Crippen molar-refractivity contribution in [2.45, 2.75) is 30.5 Å². The van der Waals surface area contributed by atoms with Crippen molar-refractivity contribution in [3.63, 3.8) is 0 Å². The largest absolute Gasteiger partial charge is 0.378 e. The van der Waals surface area contributed by atoms with Crippen LogP contribution in [0.1, 0.15) is 17.0 Å². The van der Waals surface area contributed by atoms with Crippen LogP contribution in [0.4, 0.5) is 0 Å². The number of nitrogens with one attached hydrogen (secondary N) is 3. The Morgan fingerprint density at radius 1 is 1.42 bits per heavy atom. The highest BCUT2D eigenvalue weighted by Crippen LogP contribution is 2.22. The lowest BCUT2D eigenvalue weighted by atomic mass is 10.1. The minimum atomic E-state index is -3.67. The molecule has 0 aliphatic carbocycles. The van der Waals surface area contributed by atoms with Gasteiger partial charge in [-0.3, -0.25) is 9.89 Å². The van der Waals surface area contributed by atoms with Crippen molar-refractivity contribution in [2.75, 3.05) is 7.11 Å². The quantitative estimate of drug-likeness (QED) is 0.706. The highest BCUT2D eigenvalue weighted by Gasteiger charge is 2.33. The third kappa shape index (κ3) is 3.48. The second kappa shape index (κ2) is 6.71. The summed E-state index contributed by atoms with van der Waals surface area (Å²) >= 11 is 0. The van der Waals surface area contributed by atoms with Crippen LogP contribution < -0.4 is 10.0 Å². The minimum absolute atomic E-state index is 0.229. The molecule has 24 heavy (non-hydrogen) atoms. The number of sulfonamides is 1. The van der Waals surface area contributed by atoms with Crippen molar-refractivity contribution in [1.82, 2.24) is 20.2 Å². The van der Waals surface area contributed by atoms with Crippen molar-refractivity contribution in [3.8, 4) is 0 Å². The molecule has 1 aromatic heterocycles. The number of amides is 1. The number of H-pyrrole nitrogens is 1. The highest BCUT2D eigenvalue weighted by atomic mass is 32.2. The van der Waals surface area contributed by atoms with Crippen molar-refractivity contribution >= 4 is 15.9 Å². The molecule has 3 rings (SSSR count). The molecule has 2 aromatic rings. The fraction of sp³-hybridized carbons (Fsp3) is 0.333. The molecule has 2 heterocycles. The molecule has 1 aliphatic rings. The average Bonchev–Trinajstić information content (AvgIpc) is 3.00. The first kappa shape index (κ1) is 16.6. The molecule has 0 saturated heterocycles. The summed E-state index contributed by atoms with van der Waals surface area (Å²) in [6, 6.07) is 7.63. The van der Waals surface area contributed by atoms with E-state index in [0.29, 0.717) is 18.6 Å². The van der Waals surface area contributed by atoms with E-state index in [1.165, 1.54) is 6.07 Å².